The number of hydrogen-bond donors (Lipinski definition) is 0. The Bertz CT molecular complexity index is 122. The summed E-state index contributed by atoms with van der Waals surface area (Å²) in [6, 6.07) is 0. The fraction of sp³-hybridized carbons (Fsp3) is 0.778. The van der Waals surface area contributed by atoms with Gasteiger partial charge >= 0.3 is 0 Å². The van der Waals surface area contributed by atoms with E-state index in [1.807, 2.05) is 0 Å². The van der Waals surface area contributed by atoms with Gasteiger partial charge < -0.3 is 0 Å². The second kappa shape index (κ2) is 2.55. The molecule has 0 fully saturated rings. The minimum Gasteiger partial charge on any atom is -0.0778 e. The molecule has 0 nitrogen and oxygen atoms in total. The van der Waals surface area contributed by atoms with E-state index in [1.54, 1.807) is 5.57 Å². The highest BCUT2D eigenvalue weighted by Gasteiger charge is 2.20. The zero-order valence-corrected chi connectivity index (χ0v) is 6.65. The Morgan fingerprint density at radius 1 is 1.67 bits per heavy atom. The van der Waals surface area contributed by atoms with Gasteiger partial charge in [-0.3, -0.25) is 0 Å². The van der Waals surface area contributed by atoms with E-state index in [0.29, 0.717) is 0 Å². The van der Waals surface area contributed by atoms with E-state index in [0.717, 1.165) is 11.8 Å². The first-order chi connectivity index (χ1) is 4.24. The molecule has 2 atom stereocenters. The third kappa shape index (κ3) is 1.85. The van der Waals surface area contributed by atoms with Crippen LogP contribution in [0, 0.1) is 11.8 Å². The Morgan fingerprint density at radius 3 is 2.56 bits per heavy atom. The van der Waals surface area contributed by atoms with Crippen molar-refractivity contribution >= 4 is 0 Å². The number of rotatable bonds is 3. The van der Waals surface area contributed by atoms with Crippen LogP contribution in [0.25, 0.3) is 0 Å². The fourth-order valence-corrected chi connectivity index (χ4v) is 1.12. The van der Waals surface area contributed by atoms with Crippen LogP contribution in [0.3, 0.4) is 0 Å². The molecule has 2 unspecified atom stereocenters. The third-order valence-electron chi connectivity index (χ3n) is 2.29. The van der Waals surface area contributed by atoms with Crippen molar-refractivity contribution in [3.8, 4) is 0 Å². The van der Waals surface area contributed by atoms with Crippen molar-refractivity contribution in [3.05, 3.63) is 11.6 Å². The van der Waals surface area contributed by atoms with E-state index in [2.05, 4.69) is 26.8 Å². The van der Waals surface area contributed by atoms with Crippen LogP contribution in [0.15, 0.2) is 11.6 Å². The Hall–Kier alpha value is -0.260. The zero-order valence-electron chi connectivity index (χ0n) is 6.65. The Kier molecular flexibility index (Phi) is 1.94. The lowest BCUT2D eigenvalue weighted by molar-refractivity contribution is 0.493. The molecule has 0 aromatic rings. The summed E-state index contributed by atoms with van der Waals surface area (Å²) in [7, 11) is 0. The predicted molar refractivity (Wildman–Crippen MR) is 41.3 cm³/mol. The number of hydrogen-bond acceptors (Lipinski definition) is 0. The van der Waals surface area contributed by atoms with Gasteiger partial charge in [0, 0.05) is 0 Å². The highest BCUT2D eigenvalue weighted by molar-refractivity contribution is 5.26. The van der Waals surface area contributed by atoms with Crippen molar-refractivity contribution in [2.24, 2.45) is 11.8 Å². The second-order valence-electron chi connectivity index (χ2n) is 3.27. The molecule has 0 heterocycles. The van der Waals surface area contributed by atoms with Crippen LogP contribution in [0.1, 0.15) is 33.6 Å². The summed E-state index contributed by atoms with van der Waals surface area (Å²) in [5.74, 6) is 1.81. The van der Waals surface area contributed by atoms with Gasteiger partial charge in [-0.05, 0) is 25.2 Å². The van der Waals surface area contributed by atoms with E-state index in [-0.39, 0.29) is 0 Å². The van der Waals surface area contributed by atoms with Crippen LogP contribution in [-0.4, -0.2) is 0 Å². The lowest BCUT2D eigenvalue weighted by atomic mass is 10.00. The third-order valence-corrected chi connectivity index (χ3v) is 2.29. The molecule has 52 valence electrons. The summed E-state index contributed by atoms with van der Waals surface area (Å²) in [6.07, 6.45) is 5.09. The molecule has 0 aromatic carbocycles. The molecule has 1 aliphatic rings. The van der Waals surface area contributed by atoms with Crippen molar-refractivity contribution < 1.29 is 0 Å². The summed E-state index contributed by atoms with van der Waals surface area (Å²) in [4.78, 5) is 0. The van der Waals surface area contributed by atoms with Gasteiger partial charge in [-0.2, -0.15) is 0 Å². The lowest BCUT2D eigenvalue weighted by Gasteiger charge is -2.05. The lowest BCUT2D eigenvalue weighted by Crippen LogP contribution is -1.94. The highest BCUT2D eigenvalue weighted by atomic mass is 14.3. The molecule has 0 aromatic heterocycles. The second-order valence-corrected chi connectivity index (χ2v) is 3.27. The van der Waals surface area contributed by atoms with Crippen molar-refractivity contribution in [1.82, 2.24) is 0 Å². The van der Waals surface area contributed by atoms with Crippen LogP contribution >= 0.6 is 0 Å². The molecule has 0 amide bonds. The van der Waals surface area contributed by atoms with E-state index in [1.165, 1.54) is 12.8 Å². The molecule has 0 aliphatic heterocycles. The molecular weight excluding hydrogens is 108 g/mol. The number of allylic oxidation sites excluding steroid dienone is 2. The van der Waals surface area contributed by atoms with Gasteiger partial charge in [0.25, 0.3) is 0 Å². The fourth-order valence-electron chi connectivity index (χ4n) is 1.12. The molecular formula is C9H16. The molecule has 0 bridgehead atoms. The van der Waals surface area contributed by atoms with Crippen LogP contribution in [0.2, 0.25) is 0 Å². The van der Waals surface area contributed by atoms with Crippen LogP contribution in [0.5, 0.6) is 0 Å². The van der Waals surface area contributed by atoms with Crippen molar-refractivity contribution in [2.45, 2.75) is 33.6 Å². The standard InChI is InChI=1S/C9H16/c1-4-7(2)5-9-6-8(9)3/h6-7,9H,4-5H2,1-3H3. The molecule has 1 aliphatic carbocycles. The van der Waals surface area contributed by atoms with Gasteiger partial charge in [0.05, 0.1) is 0 Å². The van der Waals surface area contributed by atoms with Crippen molar-refractivity contribution in [2.75, 3.05) is 0 Å². The Balaban J connectivity index is 2.06. The quantitative estimate of drug-likeness (QED) is 0.507. The van der Waals surface area contributed by atoms with Crippen molar-refractivity contribution in [3.63, 3.8) is 0 Å². The van der Waals surface area contributed by atoms with E-state index in [4.69, 9.17) is 0 Å². The Morgan fingerprint density at radius 2 is 2.22 bits per heavy atom. The molecule has 0 N–H and O–H groups in total. The maximum absolute atomic E-state index is 2.37. The summed E-state index contributed by atoms with van der Waals surface area (Å²) in [5.41, 5.74) is 1.61. The average molecular weight is 124 g/mol. The predicted octanol–water partition coefficient (Wildman–Crippen LogP) is 3.00. The largest absolute Gasteiger partial charge is 0.0778 e. The SMILES string of the molecule is CCC(C)CC1C=C1C. The minimum atomic E-state index is 0.889. The smallest absolute Gasteiger partial charge is 0.00205 e. The van der Waals surface area contributed by atoms with E-state index >= 15 is 0 Å². The first kappa shape index (κ1) is 6.85. The normalized spacial score (nSPS) is 27.4. The van der Waals surface area contributed by atoms with Gasteiger partial charge in [-0.1, -0.05) is 31.9 Å². The molecule has 0 saturated carbocycles. The van der Waals surface area contributed by atoms with Gasteiger partial charge in [-0.25, -0.2) is 0 Å². The van der Waals surface area contributed by atoms with Crippen molar-refractivity contribution in [1.29, 1.82) is 0 Å². The van der Waals surface area contributed by atoms with Crippen LogP contribution in [0.4, 0.5) is 0 Å². The maximum atomic E-state index is 2.37. The van der Waals surface area contributed by atoms with E-state index in [9.17, 15) is 0 Å². The molecule has 0 heteroatoms. The molecule has 1 rings (SSSR count). The summed E-state index contributed by atoms with van der Waals surface area (Å²) in [5, 5.41) is 0. The molecule has 9 heavy (non-hydrogen) atoms. The highest BCUT2D eigenvalue weighted by Crippen LogP contribution is 2.34. The first-order valence-corrected chi connectivity index (χ1v) is 3.92. The van der Waals surface area contributed by atoms with Gasteiger partial charge in [0.1, 0.15) is 0 Å². The minimum absolute atomic E-state index is 0.889. The van der Waals surface area contributed by atoms with Gasteiger partial charge in [0.2, 0.25) is 0 Å². The molecule has 0 radical (unpaired) electrons. The topological polar surface area (TPSA) is 0 Å². The summed E-state index contributed by atoms with van der Waals surface area (Å²) >= 11 is 0. The molecule has 0 spiro atoms. The van der Waals surface area contributed by atoms with Gasteiger partial charge in [0.15, 0.2) is 0 Å². The monoisotopic (exact) mass is 124 g/mol. The van der Waals surface area contributed by atoms with Crippen LogP contribution in [-0.2, 0) is 0 Å². The van der Waals surface area contributed by atoms with Gasteiger partial charge in [-0.15, -0.1) is 0 Å². The molecule has 0 saturated heterocycles. The van der Waals surface area contributed by atoms with E-state index < -0.39 is 0 Å². The maximum Gasteiger partial charge on any atom is -0.00205 e. The average Bonchev–Trinajstić information content (AvgIpc) is 2.47. The summed E-state index contributed by atoms with van der Waals surface area (Å²) < 4.78 is 0. The van der Waals surface area contributed by atoms with Crippen LogP contribution < -0.4 is 0 Å². The first-order valence-electron chi connectivity index (χ1n) is 3.92. The summed E-state index contributed by atoms with van der Waals surface area (Å²) in [6.45, 7) is 6.83. The zero-order chi connectivity index (χ0) is 6.85. The Labute approximate surface area is 58.0 Å².